The second-order valence-corrected chi connectivity index (χ2v) is 6.46. The van der Waals surface area contributed by atoms with Gasteiger partial charge in [0, 0.05) is 22.1 Å². The third-order valence-corrected chi connectivity index (χ3v) is 3.63. The van der Waals surface area contributed by atoms with E-state index in [0.29, 0.717) is 10.6 Å². The molecule has 0 amide bonds. The van der Waals surface area contributed by atoms with Gasteiger partial charge in [-0.1, -0.05) is 50.6 Å². The summed E-state index contributed by atoms with van der Waals surface area (Å²) in [7, 11) is 0. The Hall–Kier alpha value is -1.65. The van der Waals surface area contributed by atoms with Crippen LogP contribution < -0.4 is 5.56 Å². The van der Waals surface area contributed by atoms with Gasteiger partial charge < -0.3 is 5.11 Å². The van der Waals surface area contributed by atoms with E-state index in [4.69, 9.17) is 11.6 Å². The average molecular weight is 307 g/mol. The van der Waals surface area contributed by atoms with Crippen molar-refractivity contribution in [2.75, 3.05) is 0 Å². The maximum atomic E-state index is 12.1. The lowest BCUT2D eigenvalue weighted by Gasteiger charge is -2.19. The van der Waals surface area contributed by atoms with Crippen molar-refractivity contribution in [1.29, 1.82) is 0 Å². The van der Waals surface area contributed by atoms with Crippen molar-refractivity contribution in [3.8, 4) is 0 Å². The molecule has 1 aromatic carbocycles. The molecule has 1 aromatic heterocycles. The zero-order valence-electron chi connectivity index (χ0n) is 12.4. The number of halogens is 1. The van der Waals surface area contributed by atoms with Crippen LogP contribution in [0.3, 0.4) is 0 Å². The molecule has 5 heteroatoms. The first kappa shape index (κ1) is 15.7. The number of rotatable bonds is 3. The molecule has 2 aromatic rings. The molecule has 4 nitrogen and oxygen atoms in total. The highest BCUT2D eigenvalue weighted by atomic mass is 35.5. The van der Waals surface area contributed by atoms with Gasteiger partial charge in [0.1, 0.15) is 0 Å². The van der Waals surface area contributed by atoms with Crippen LogP contribution in [-0.2, 0) is 12.0 Å². The third kappa shape index (κ3) is 3.71. The molecule has 0 unspecified atom stereocenters. The van der Waals surface area contributed by atoms with Gasteiger partial charge in [-0.2, -0.15) is 0 Å². The Kier molecular flexibility index (Phi) is 4.49. The van der Waals surface area contributed by atoms with Crippen LogP contribution in [0.25, 0.3) is 0 Å². The standard InChI is InChI=1S/C16H19ClN2O2/c1-16(2,3)14-8-15(21)19(10-18-14)9-13(20)11-6-4-5-7-12(11)17/h4-8,10,13,20H,9H2,1-3H3/t13-/m0/s1. The molecule has 0 fully saturated rings. The Labute approximate surface area is 129 Å². The Morgan fingerprint density at radius 1 is 1.33 bits per heavy atom. The summed E-state index contributed by atoms with van der Waals surface area (Å²) in [5.74, 6) is 0. The summed E-state index contributed by atoms with van der Waals surface area (Å²) in [5.41, 5.74) is 0.975. The molecule has 1 atom stereocenters. The normalized spacial score (nSPS) is 13.2. The fourth-order valence-corrected chi connectivity index (χ4v) is 2.26. The van der Waals surface area contributed by atoms with E-state index in [-0.39, 0.29) is 17.5 Å². The molecule has 0 saturated heterocycles. The number of benzene rings is 1. The maximum Gasteiger partial charge on any atom is 0.253 e. The SMILES string of the molecule is CC(C)(C)c1cc(=O)n(C[C@H](O)c2ccccc2Cl)cn1. The molecule has 0 saturated carbocycles. The van der Waals surface area contributed by atoms with E-state index in [1.54, 1.807) is 24.3 Å². The molecule has 21 heavy (non-hydrogen) atoms. The minimum absolute atomic E-state index is 0.125. The van der Waals surface area contributed by atoms with Gasteiger partial charge in [-0.3, -0.25) is 9.36 Å². The van der Waals surface area contributed by atoms with Gasteiger partial charge in [0.25, 0.3) is 5.56 Å². The largest absolute Gasteiger partial charge is 0.386 e. The fraction of sp³-hybridized carbons (Fsp3) is 0.375. The van der Waals surface area contributed by atoms with Crippen LogP contribution in [0.5, 0.6) is 0 Å². The molecular formula is C16H19ClN2O2. The lowest BCUT2D eigenvalue weighted by molar-refractivity contribution is 0.154. The number of nitrogens with zero attached hydrogens (tertiary/aromatic N) is 2. The molecule has 0 aliphatic carbocycles. The number of aliphatic hydroxyl groups excluding tert-OH is 1. The van der Waals surface area contributed by atoms with Crippen molar-refractivity contribution in [3.63, 3.8) is 0 Å². The van der Waals surface area contributed by atoms with E-state index in [1.165, 1.54) is 17.0 Å². The van der Waals surface area contributed by atoms with Crippen LogP contribution in [0.2, 0.25) is 5.02 Å². The van der Waals surface area contributed by atoms with Gasteiger partial charge in [-0.15, -0.1) is 0 Å². The van der Waals surface area contributed by atoms with Gasteiger partial charge in [0.15, 0.2) is 0 Å². The Bertz CT molecular complexity index is 689. The monoisotopic (exact) mass is 306 g/mol. The molecule has 0 bridgehead atoms. The van der Waals surface area contributed by atoms with Crippen molar-refractivity contribution < 1.29 is 5.11 Å². The highest BCUT2D eigenvalue weighted by Crippen LogP contribution is 2.23. The fourth-order valence-electron chi connectivity index (χ4n) is 2.00. The number of hydrogen-bond donors (Lipinski definition) is 1. The predicted octanol–water partition coefficient (Wildman–Crippen LogP) is 2.93. The molecular weight excluding hydrogens is 288 g/mol. The maximum absolute atomic E-state index is 12.1. The Balaban J connectivity index is 2.25. The molecule has 1 heterocycles. The molecule has 0 aliphatic heterocycles. The molecule has 112 valence electrons. The van der Waals surface area contributed by atoms with E-state index in [2.05, 4.69) is 4.98 Å². The van der Waals surface area contributed by atoms with Crippen LogP contribution in [-0.4, -0.2) is 14.7 Å². The van der Waals surface area contributed by atoms with E-state index in [9.17, 15) is 9.90 Å². The van der Waals surface area contributed by atoms with Crippen molar-refractivity contribution >= 4 is 11.6 Å². The van der Waals surface area contributed by atoms with Gasteiger partial charge in [0.05, 0.1) is 24.7 Å². The van der Waals surface area contributed by atoms with Gasteiger partial charge in [-0.05, 0) is 6.07 Å². The quantitative estimate of drug-likeness (QED) is 0.948. The average Bonchev–Trinajstić information content (AvgIpc) is 2.40. The van der Waals surface area contributed by atoms with E-state index in [1.807, 2.05) is 20.8 Å². The lowest BCUT2D eigenvalue weighted by atomic mass is 9.92. The van der Waals surface area contributed by atoms with Crippen molar-refractivity contribution in [1.82, 2.24) is 9.55 Å². The highest BCUT2D eigenvalue weighted by Gasteiger charge is 2.18. The van der Waals surface area contributed by atoms with Gasteiger partial charge >= 0.3 is 0 Å². The number of aliphatic hydroxyl groups is 1. The Morgan fingerprint density at radius 2 is 2.00 bits per heavy atom. The van der Waals surface area contributed by atoms with E-state index < -0.39 is 6.10 Å². The Morgan fingerprint density at radius 3 is 2.57 bits per heavy atom. The number of hydrogen-bond acceptors (Lipinski definition) is 3. The minimum atomic E-state index is -0.848. The first-order valence-electron chi connectivity index (χ1n) is 6.78. The van der Waals surface area contributed by atoms with E-state index in [0.717, 1.165) is 5.69 Å². The molecule has 1 N–H and O–H groups in total. The molecule has 0 radical (unpaired) electrons. The smallest absolute Gasteiger partial charge is 0.253 e. The molecule has 2 rings (SSSR count). The van der Waals surface area contributed by atoms with Crippen molar-refractivity contribution in [2.24, 2.45) is 0 Å². The number of aromatic nitrogens is 2. The van der Waals surface area contributed by atoms with E-state index >= 15 is 0 Å². The van der Waals surface area contributed by atoms with Crippen LogP contribution in [0.4, 0.5) is 0 Å². The van der Waals surface area contributed by atoms with Crippen molar-refractivity contribution in [2.45, 2.75) is 38.8 Å². The van der Waals surface area contributed by atoms with Crippen LogP contribution >= 0.6 is 11.6 Å². The predicted molar refractivity (Wildman–Crippen MR) is 83.6 cm³/mol. The van der Waals surface area contributed by atoms with Crippen LogP contribution in [0.15, 0.2) is 41.5 Å². The molecule has 0 aliphatic rings. The molecule has 0 spiro atoms. The van der Waals surface area contributed by atoms with Gasteiger partial charge in [0.2, 0.25) is 0 Å². The summed E-state index contributed by atoms with van der Waals surface area (Å²) in [6.45, 7) is 6.12. The zero-order valence-corrected chi connectivity index (χ0v) is 13.1. The van der Waals surface area contributed by atoms with Gasteiger partial charge in [-0.25, -0.2) is 4.98 Å². The summed E-state index contributed by atoms with van der Waals surface area (Å²) in [6, 6.07) is 8.57. The highest BCUT2D eigenvalue weighted by molar-refractivity contribution is 6.31. The van der Waals surface area contributed by atoms with Crippen LogP contribution in [0.1, 0.15) is 38.1 Å². The summed E-state index contributed by atoms with van der Waals surface area (Å²) in [5, 5.41) is 10.7. The second-order valence-electron chi connectivity index (χ2n) is 6.05. The summed E-state index contributed by atoms with van der Waals surface area (Å²) >= 11 is 6.05. The van der Waals surface area contributed by atoms with Crippen molar-refractivity contribution in [3.05, 3.63) is 63.3 Å². The third-order valence-electron chi connectivity index (χ3n) is 3.28. The minimum Gasteiger partial charge on any atom is -0.386 e. The summed E-state index contributed by atoms with van der Waals surface area (Å²) in [4.78, 5) is 16.4. The second kappa shape index (κ2) is 6.00. The first-order valence-corrected chi connectivity index (χ1v) is 7.16. The van der Waals surface area contributed by atoms with Crippen LogP contribution in [0, 0.1) is 0 Å². The topological polar surface area (TPSA) is 55.1 Å². The summed E-state index contributed by atoms with van der Waals surface area (Å²) in [6.07, 6.45) is 0.627. The first-order chi connectivity index (χ1) is 9.79. The lowest BCUT2D eigenvalue weighted by Crippen LogP contribution is -2.26. The zero-order chi connectivity index (χ0) is 15.6. The summed E-state index contributed by atoms with van der Waals surface area (Å²) < 4.78 is 1.39.